The molecule has 0 aromatic heterocycles. The molecule has 32 heteroatoms. The second-order valence-corrected chi connectivity index (χ2v) is 15.3. The van der Waals surface area contributed by atoms with Crippen molar-refractivity contribution in [3.8, 4) is 0 Å². The van der Waals surface area contributed by atoms with Gasteiger partial charge in [0.1, 0.15) is 24.5 Å². The maximum absolute atomic E-state index is 10.5. The highest BCUT2D eigenvalue weighted by Gasteiger charge is 2.22. The largest absolute Gasteiger partial charge is 0.481 e. The summed E-state index contributed by atoms with van der Waals surface area (Å²) in [6, 6.07) is -3.58. The molecule has 0 aliphatic rings. The van der Waals surface area contributed by atoms with Gasteiger partial charge in [0.15, 0.2) is 7.37 Å². The fourth-order valence-corrected chi connectivity index (χ4v) is 3.55. The molecule has 60 heavy (non-hydrogen) atoms. The van der Waals surface area contributed by atoms with Crippen molar-refractivity contribution in [3.63, 3.8) is 0 Å². The van der Waals surface area contributed by atoms with Crippen LogP contribution in [0.1, 0.15) is 53.4 Å². The average molecular weight is 924 g/mol. The molecule has 0 radical (unpaired) electrons. The Morgan fingerprint density at radius 1 is 0.450 bits per heavy atom. The second kappa shape index (κ2) is 37.3. The van der Waals surface area contributed by atoms with Gasteiger partial charge < -0.3 is 78.1 Å². The van der Waals surface area contributed by atoms with Crippen molar-refractivity contribution in [1.29, 1.82) is 0 Å². The first kappa shape index (κ1) is 71.7. The van der Waals surface area contributed by atoms with E-state index in [-0.39, 0.29) is 33.9 Å². The minimum Gasteiger partial charge on any atom is -0.481 e. The monoisotopic (exact) mass is 923 g/mol. The Hall–Kier alpha value is -6.03. The number of hydrogen-bond acceptors (Lipinski definition) is 18. The summed E-state index contributed by atoms with van der Waals surface area (Å²) in [6.45, 7) is 2.02. The van der Waals surface area contributed by atoms with Crippen molar-refractivity contribution in [3.05, 3.63) is 0 Å². The maximum Gasteiger partial charge on any atom is 0.372 e. The van der Waals surface area contributed by atoms with E-state index in [2.05, 4.69) is 0 Å². The van der Waals surface area contributed by atoms with Crippen molar-refractivity contribution < 1.29 is 132 Å². The van der Waals surface area contributed by atoms with Crippen LogP contribution in [0, 0.1) is 0 Å². The molecular weight excluding hydrogens is 872 g/mol. The van der Waals surface area contributed by atoms with Gasteiger partial charge in [0.25, 0.3) is 5.78 Å². The van der Waals surface area contributed by atoms with Crippen LogP contribution in [-0.2, 0) is 71.5 Å². The summed E-state index contributed by atoms with van der Waals surface area (Å²) in [5.74, 6) is -17.1. The predicted molar refractivity (Wildman–Crippen MR) is 198 cm³/mol. The second-order valence-electron chi connectivity index (χ2n) is 10.5. The van der Waals surface area contributed by atoms with Gasteiger partial charge in [0.2, 0.25) is 18.9 Å². The topological polar surface area (TPSA) is 577 Å². The van der Waals surface area contributed by atoms with E-state index in [1.54, 1.807) is 0 Å². The molecule has 0 heterocycles. The van der Waals surface area contributed by atoms with Crippen molar-refractivity contribution in [2.24, 2.45) is 17.2 Å². The van der Waals surface area contributed by atoms with E-state index >= 15 is 0 Å². The summed E-state index contributed by atoms with van der Waals surface area (Å²) >= 11 is 0. The van der Waals surface area contributed by atoms with E-state index in [1.165, 1.54) is 0 Å². The fourth-order valence-electron chi connectivity index (χ4n) is 2.00. The average Bonchev–Trinajstić information content (AvgIpc) is 3.01. The number of hydrogen-bond donors (Lipinski definition) is 15. The van der Waals surface area contributed by atoms with Gasteiger partial charge in [0, 0.05) is 26.2 Å². The van der Waals surface area contributed by atoms with Crippen LogP contribution in [0.3, 0.4) is 0 Å². The van der Waals surface area contributed by atoms with Gasteiger partial charge in [-0.2, -0.15) is 0 Å². The smallest absolute Gasteiger partial charge is 0.372 e. The lowest BCUT2D eigenvalue weighted by atomic mass is 10.2. The van der Waals surface area contributed by atoms with Crippen molar-refractivity contribution in [2.45, 2.75) is 71.5 Å². The van der Waals surface area contributed by atoms with Crippen molar-refractivity contribution >= 4 is 91.8 Å². The Kier molecular flexibility index (Phi) is 44.5. The van der Waals surface area contributed by atoms with E-state index in [0.29, 0.717) is 0 Å². The lowest BCUT2D eigenvalue weighted by Gasteiger charge is -2.07. The highest BCUT2D eigenvalue weighted by Crippen LogP contribution is 2.35. The first-order valence-electron chi connectivity index (χ1n) is 14.5. The normalized spacial score (nSPS) is 12.6. The molecule has 5 atom stereocenters. The van der Waals surface area contributed by atoms with Crippen molar-refractivity contribution in [2.75, 3.05) is 25.7 Å². The first-order chi connectivity index (χ1) is 25.8. The van der Waals surface area contributed by atoms with Gasteiger partial charge in [0.05, 0.1) is 25.2 Å². The molecule has 0 aromatic carbocycles. The van der Waals surface area contributed by atoms with E-state index in [0.717, 1.165) is 13.3 Å². The molecule has 0 aromatic rings. The standard InChI is InChI=1S/C5H9NO4.C5H6O5.C4H10NO4P.C4H7NO4.C4H7O5P.C4H4O5.2CH4/c2*6-3(5(9)10)1-2-4(7)8;1-10(8,9)2-3(5)4(6)7;5-2(4(8)9)1-3(6)7;1-10(8,9)2-3(5)4(6)7;5-2(4(8)9)1-3(6)7;;/h3H,1-2,6H2,(H,7,8)(H,9,10);1-2H2,(H,7,8)(H,9,10);3H,2,5H2,1H3,(H,6,7)(H,8,9);2H,1,5H2,(H,6,7)(H,8,9);2H2,1H3,(H,6,7)(H,8,9);1H2,(H,6,7)(H,8,9);2*1H4/t3-;;3-;2-;;;;/m0.00..../s1. The summed E-state index contributed by atoms with van der Waals surface area (Å²) < 4.78 is 20.9. The van der Waals surface area contributed by atoms with E-state index in [9.17, 15) is 71.5 Å². The molecule has 0 saturated heterocycles. The maximum atomic E-state index is 10.5. The van der Waals surface area contributed by atoms with Crippen LogP contribution >= 0.6 is 14.7 Å². The van der Waals surface area contributed by atoms with Crippen LogP contribution in [0.5, 0.6) is 0 Å². The Bertz CT molecular complexity index is 1580. The third kappa shape index (κ3) is 63.9. The van der Waals surface area contributed by atoms with E-state index in [1.807, 2.05) is 0 Å². The molecule has 2 unspecified atom stereocenters. The highest BCUT2D eigenvalue weighted by molar-refractivity contribution is 7.58. The molecule has 0 rings (SSSR count). The Morgan fingerprint density at radius 3 is 0.967 bits per heavy atom. The molecule has 0 amide bonds. The van der Waals surface area contributed by atoms with Crippen LogP contribution in [0.25, 0.3) is 0 Å². The number of ketones is 3. The summed E-state index contributed by atoms with van der Waals surface area (Å²) in [7, 11) is -6.79. The van der Waals surface area contributed by atoms with E-state index < -0.39 is 142 Å². The number of aliphatic carboxylic acids is 10. The lowest BCUT2D eigenvalue weighted by Crippen LogP contribution is -2.33. The zero-order valence-electron chi connectivity index (χ0n) is 30.0. The fraction of sp³-hybridized carbons (Fsp3) is 0.536. The summed E-state index contributed by atoms with van der Waals surface area (Å²) in [6.07, 6.45) is -3.73. The zero-order chi connectivity index (χ0) is 47.9. The number of carbonyl (C=O) groups is 13. The molecule has 0 aliphatic heterocycles. The van der Waals surface area contributed by atoms with Crippen LogP contribution < -0.4 is 17.2 Å². The summed E-state index contributed by atoms with van der Waals surface area (Å²) in [5, 5.41) is 80.1. The van der Waals surface area contributed by atoms with Gasteiger partial charge in [-0.05, 0) is 6.42 Å². The molecule has 0 spiro atoms. The quantitative estimate of drug-likeness (QED) is 0.0326. The minimum atomic E-state index is -3.51. The van der Waals surface area contributed by atoms with Crippen LogP contribution in [0.4, 0.5) is 0 Å². The van der Waals surface area contributed by atoms with Gasteiger partial charge in [-0.3, -0.25) is 57.1 Å². The first-order valence-corrected chi connectivity index (χ1v) is 19.1. The highest BCUT2D eigenvalue weighted by atomic mass is 31.2. The lowest BCUT2D eigenvalue weighted by molar-refractivity contribution is -0.152. The van der Waals surface area contributed by atoms with Gasteiger partial charge in [-0.15, -0.1) is 0 Å². The van der Waals surface area contributed by atoms with Gasteiger partial charge in [-0.25, -0.2) is 14.4 Å². The number of rotatable bonds is 20. The molecular formula is C28H51N3O27P2. The SMILES string of the molecule is C.C.CP(=O)(O)CC(=O)C(=O)O.CP(=O)(O)C[C@H](N)C(=O)O.N[C@@H](CC(=O)O)C(=O)O.N[C@@H](CCC(=O)O)C(=O)O.O=C(O)CC(=O)C(=O)O.O=C(O)CCC(=O)C(=O)O. The third-order valence-electron chi connectivity index (χ3n) is 4.58. The molecule has 0 saturated carbocycles. The Labute approximate surface area is 338 Å². The Balaban J connectivity index is -0.0000000896. The molecule has 0 fully saturated rings. The number of carboxylic acids is 10. The number of nitrogens with two attached hydrogens (primary N) is 3. The van der Waals surface area contributed by atoms with Crippen LogP contribution in [0.2, 0.25) is 0 Å². The van der Waals surface area contributed by atoms with Gasteiger partial charge >= 0.3 is 59.7 Å². The minimum absolute atomic E-state index is 0. The number of carboxylic acid groups (broad SMARTS) is 10. The predicted octanol–water partition coefficient (Wildman–Crippen LogP) is -3.13. The van der Waals surface area contributed by atoms with Gasteiger partial charge in [-0.1, -0.05) is 14.9 Å². The molecule has 350 valence electrons. The zero-order valence-corrected chi connectivity index (χ0v) is 31.8. The number of Topliss-reactive ketones (excluding diaryl/α,β-unsaturated/α-hetero) is 3. The number of carbonyl (C=O) groups excluding carboxylic acids is 3. The molecule has 0 bridgehead atoms. The summed E-state index contributed by atoms with van der Waals surface area (Å²) in [4.78, 5) is 146. The van der Waals surface area contributed by atoms with E-state index in [4.69, 9.17) is 78.1 Å². The third-order valence-corrected chi connectivity index (χ3v) is 6.53. The van der Waals surface area contributed by atoms with Crippen molar-refractivity contribution in [1.82, 2.24) is 0 Å². The van der Waals surface area contributed by atoms with Crippen LogP contribution in [-0.4, -0.2) is 182 Å². The Morgan fingerprint density at radius 2 is 0.800 bits per heavy atom. The summed E-state index contributed by atoms with van der Waals surface area (Å²) in [5.41, 5.74) is 14.8. The molecule has 18 N–H and O–H groups in total. The van der Waals surface area contributed by atoms with Crippen LogP contribution in [0.15, 0.2) is 0 Å². The molecule has 0 aliphatic carbocycles. The molecule has 30 nitrogen and oxygen atoms in total.